The van der Waals surface area contributed by atoms with Crippen LogP contribution in [0.25, 0.3) is 0 Å². The molecule has 0 saturated carbocycles. The van der Waals surface area contributed by atoms with Gasteiger partial charge in [0.15, 0.2) is 17.7 Å². The van der Waals surface area contributed by atoms with E-state index >= 15 is 0 Å². The Bertz CT molecular complexity index is 1710. The average Bonchev–Trinajstić information content (AvgIpc) is 3.07. The minimum atomic E-state index is -1.15. The van der Waals surface area contributed by atoms with E-state index in [1.165, 1.54) is 7.11 Å². The van der Waals surface area contributed by atoms with Gasteiger partial charge < -0.3 is 39.4 Å². The Morgan fingerprint density at radius 3 is 2.35 bits per heavy atom. The molecule has 13 nitrogen and oxygen atoms in total. The third kappa shape index (κ3) is 10.2. The SMILES string of the molecule is CCOC(=O)c1ccc(COc2c(I)cc(/C=N/N[C@@H](O)COc3ccc([C@H]4NC(=O)NC(C)=C4C(=O)OC)cc3OCC)cc2I)cc1. The molecule has 15 heteroatoms. The molecule has 0 aliphatic carbocycles. The number of ether oxygens (including phenoxy) is 5. The van der Waals surface area contributed by atoms with Gasteiger partial charge in [-0.25, -0.2) is 14.4 Å². The van der Waals surface area contributed by atoms with Gasteiger partial charge in [-0.3, -0.25) is 5.43 Å². The van der Waals surface area contributed by atoms with Crippen LogP contribution in [0.5, 0.6) is 17.2 Å². The topological polar surface area (TPSA) is 166 Å². The quantitative estimate of drug-likeness (QED) is 0.0526. The van der Waals surface area contributed by atoms with Crippen LogP contribution in [0.2, 0.25) is 0 Å². The Hall–Kier alpha value is -4.10. The van der Waals surface area contributed by atoms with Crippen molar-refractivity contribution in [3.8, 4) is 17.2 Å². The first-order valence-electron chi connectivity index (χ1n) is 15.1. The summed E-state index contributed by atoms with van der Waals surface area (Å²) in [6.07, 6.45) is 0.426. The van der Waals surface area contributed by atoms with E-state index in [0.717, 1.165) is 24.0 Å². The van der Waals surface area contributed by atoms with Crippen molar-refractivity contribution >= 4 is 69.4 Å². The van der Waals surface area contributed by atoms with E-state index in [0.29, 0.717) is 48.1 Å². The summed E-state index contributed by atoms with van der Waals surface area (Å²) in [7, 11) is 1.27. The molecule has 0 aromatic heterocycles. The van der Waals surface area contributed by atoms with Gasteiger partial charge >= 0.3 is 18.0 Å². The van der Waals surface area contributed by atoms with E-state index in [4.69, 9.17) is 23.7 Å². The highest BCUT2D eigenvalue weighted by atomic mass is 127. The smallest absolute Gasteiger partial charge is 0.338 e. The molecule has 4 rings (SSSR count). The summed E-state index contributed by atoms with van der Waals surface area (Å²) in [4.78, 5) is 36.5. The Morgan fingerprint density at radius 2 is 1.69 bits per heavy atom. The van der Waals surface area contributed by atoms with Crippen LogP contribution in [0.3, 0.4) is 0 Å². The lowest BCUT2D eigenvalue weighted by Crippen LogP contribution is -2.45. The molecule has 4 N–H and O–H groups in total. The molecule has 49 heavy (non-hydrogen) atoms. The van der Waals surface area contributed by atoms with Crippen LogP contribution >= 0.6 is 45.2 Å². The largest absolute Gasteiger partial charge is 0.490 e. The second-order valence-electron chi connectivity index (χ2n) is 10.4. The summed E-state index contributed by atoms with van der Waals surface area (Å²) in [5, 5.41) is 20.0. The number of carbonyl (C=O) groups is 3. The first-order valence-corrected chi connectivity index (χ1v) is 17.3. The molecule has 0 unspecified atom stereocenters. The monoisotopic (exact) mass is 898 g/mol. The molecule has 0 bridgehead atoms. The number of rotatable bonds is 15. The zero-order valence-corrected chi connectivity index (χ0v) is 31.5. The summed E-state index contributed by atoms with van der Waals surface area (Å²) in [5.41, 5.74) is 6.07. The molecular formula is C34H36I2N4O9. The number of hydrazone groups is 1. The van der Waals surface area contributed by atoms with Gasteiger partial charge in [-0.05, 0) is 119 Å². The number of allylic oxidation sites excluding steroid dienone is 1. The Morgan fingerprint density at radius 1 is 0.980 bits per heavy atom. The molecule has 3 aromatic rings. The van der Waals surface area contributed by atoms with Gasteiger partial charge in [0.25, 0.3) is 0 Å². The van der Waals surface area contributed by atoms with Gasteiger partial charge in [0, 0.05) is 5.70 Å². The van der Waals surface area contributed by atoms with Crippen molar-refractivity contribution in [2.45, 2.75) is 39.6 Å². The van der Waals surface area contributed by atoms with Gasteiger partial charge in [0.2, 0.25) is 0 Å². The molecule has 0 radical (unpaired) electrons. The number of amides is 2. The number of nitrogens with one attached hydrogen (secondary N) is 3. The standard InChI is InChI=1S/C34H36I2N4O9/c1-5-46-27-15-23(30-29(33(43)45-4)19(3)38-34(44)39-30)11-12-26(27)48-18-28(41)40-37-16-21-13-24(35)31(25(36)14-21)49-17-20-7-9-22(10-8-20)32(42)47-6-2/h7-16,28,30,40-41H,5-6,17-18H2,1-4H3,(H2,38,39,44)/b37-16+/t28-,30+/m0/s1. The van der Waals surface area contributed by atoms with E-state index in [1.807, 2.05) is 31.2 Å². The van der Waals surface area contributed by atoms with E-state index in [1.54, 1.807) is 50.4 Å². The second kappa shape index (κ2) is 18.1. The van der Waals surface area contributed by atoms with Gasteiger partial charge in [-0.1, -0.05) is 18.2 Å². The van der Waals surface area contributed by atoms with Crippen LogP contribution in [0.4, 0.5) is 4.79 Å². The number of carbonyl (C=O) groups excluding carboxylic acids is 3. The fourth-order valence-electron chi connectivity index (χ4n) is 4.72. The van der Waals surface area contributed by atoms with E-state index in [-0.39, 0.29) is 18.1 Å². The van der Waals surface area contributed by atoms with Crippen LogP contribution in [-0.2, 0) is 20.9 Å². The highest BCUT2D eigenvalue weighted by Gasteiger charge is 2.32. The van der Waals surface area contributed by atoms with Crippen LogP contribution in [0.15, 0.2) is 71.0 Å². The fraction of sp³-hybridized carbons (Fsp3) is 0.294. The van der Waals surface area contributed by atoms with E-state index < -0.39 is 24.3 Å². The minimum Gasteiger partial charge on any atom is -0.490 e. The lowest BCUT2D eigenvalue weighted by Gasteiger charge is -2.28. The number of nitrogens with zero attached hydrogens (tertiary/aromatic N) is 1. The lowest BCUT2D eigenvalue weighted by atomic mass is 9.95. The van der Waals surface area contributed by atoms with E-state index in [2.05, 4.69) is 66.3 Å². The number of aliphatic hydroxyl groups is 1. The van der Waals surface area contributed by atoms with Crippen molar-refractivity contribution in [1.29, 1.82) is 0 Å². The minimum absolute atomic E-state index is 0.157. The van der Waals surface area contributed by atoms with Crippen LogP contribution in [0, 0.1) is 7.14 Å². The Balaban J connectivity index is 1.34. The fourth-order valence-corrected chi connectivity index (χ4v) is 6.85. The number of benzene rings is 3. The highest BCUT2D eigenvalue weighted by Crippen LogP contribution is 2.35. The molecule has 1 aliphatic rings. The second-order valence-corrected chi connectivity index (χ2v) is 12.8. The van der Waals surface area contributed by atoms with Crippen LogP contribution < -0.4 is 30.3 Å². The van der Waals surface area contributed by atoms with Gasteiger partial charge in [-0.2, -0.15) is 5.10 Å². The molecule has 2 atom stereocenters. The number of urea groups is 1. The summed E-state index contributed by atoms with van der Waals surface area (Å²) < 4.78 is 29.4. The molecular weight excluding hydrogens is 862 g/mol. The van der Waals surface area contributed by atoms with E-state index in [9.17, 15) is 19.5 Å². The average molecular weight is 898 g/mol. The van der Waals surface area contributed by atoms with Gasteiger partial charge in [0.1, 0.15) is 19.0 Å². The molecule has 0 spiro atoms. The summed E-state index contributed by atoms with van der Waals surface area (Å²) in [6, 6.07) is 14.7. The lowest BCUT2D eigenvalue weighted by molar-refractivity contribution is -0.136. The number of aliphatic hydroxyl groups excluding tert-OH is 1. The van der Waals surface area contributed by atoms with Gasteiger partial charge in [-0.15, -0.1) is 0 Å². The predicted octanol–water partition coefficient (Wildman–Crippen LogP) is 5.17. The van der Waals surface area contributed by atoms with Crippen molar-refractivity contribution in [2.24, 2.45) is 5.10 Å². The number of esters is 2. The Kier molecular flexibility index (Phi) is 13.9. The summed E-state index contributed by atoms with van der Waals surface area (Å²) in [6.45, 7) is 6.02. The summed E-state index contributed by atoms with van der Waals surface area (Å²) in [5.74, 6) is 0.507. The number of hydrogen-bond donors (Lipinski definition) is 4. The first-order chi connectivity index (χ1) is 23.5. The molecule has 3 aromatic carbocycles. The van der Waals surface area contributed by atoms with Crippen molar-refractivity contribution in [3.63, 3.8) is 0 Å². The third-order valence-corrected chi connectivity index (χ3v) is 8.58. The molecule has 2 amide bonds. The zero-order valence-electron chi connectivity index (χ0n) is 27.2. The van der Waals surface area contributed by atoms with Crippen molar-refractivity contribution in [3.05, 3.63) is 95.3 Å². The van der Waals surface area contributed by atoms with Gasteiger partial charge in [0.05, 0.1) is 50.9 Å². The van der Waals surface area contributed by atoms with Crippen molar-refractivity contribution < 1.29 is 43.2 Å². The Labute approximate surface area is 311 Å². The maximum absolute atomic E-state index is 12.5. The molecule has 0 fully saturated rings. The summed E-state index contributed by atoms with van der Waals surface area (Å²) >= 11 is 4.39. The maximum atomic E-state index is 12.5. The maximum Gasteiger partial charge on any atom is 0.338 e. The van der Waals surface area contributed by atoms with Crippen molar-refractivity contribution in [2.75, 3.05) is 26.9 Å². The first kappa shape index (κ1) is 37.7. The number of halogens is 2. The van der Waals surface area contributed by atoms with Crippen LogP contribution in [-0.4, -0.2) is 62.4 Å². The number of hydrogen-bond acceptors (Lipinski definition) is 11. The molecule has 1 heterocycles. The van der Waals surface area contributed by atoms with Crippen LogP contribution in [0.1, 0.15) is 53.9 Å². The predicted molar refractivity (Wildman–Crippen MR) is 198 cm³/mol. The third-order valence-electron chi connectivity index (χ3n) is 6.98. The molecule has 1 aliphatic heterocycles. The molecule has 260 valence electrons. The highest BCUT2D eigenvalue weighted by molar-refractivity contribution is 14.1. The molecule has 0 saturated heterocycles. The van der Waals surface area contributed by atoms with Crippen molar-refractivity contribution in [1.82, 2.24) is 16.1 Å². The zero-order chi connectivity index (χ0) is 35.5. The number of methoxy groups -OCH3 is 1. The normalized spacial score (nSPS) is 14.8.